The number of esters is 7. The Hall–Kier alpha value is -8.74. The Morgan fingerprint density at radius 2 is 1.01 bits per heavy atom. The zero-order chi connectivity index (χ0) is 90.3. The molecule has 10 unspecified atom stereocenters. The fourth-order valence-corrected chi connectivity index (χ4v) is 14.8. The van der Waals surface area contributed by atoms with E-state index in [0.29, 0.717) is 199 Å². The van der Waals surface area contributed by atoms with Crippen LogP contribution in [0.25, 0.3) is 0 Å². The molecular weight excluding hydrogens is 1570 g/mol. The van der Waals surface area contributed by atoms with Gasteiger partial charge in [-0.2, -0.15) is 0 Å². The molecule has 2 aromatic rings. The summed E-state index contributed by atoms with van der Waals surface area (Å²) < 4.78 is 38.8. The van der Waals surface area contributed by atoms with Gasteiger partial charge in [0, 0.05) is 126 Å². The normalized spacial score (nSPS) is 25.9. The minimum atomic E-state index is -0.201. The van der Waals surface area contributed by atoms with Crippen LogP contribution < -0.4 is 0 Å². The van der Waals surface area contributed by atoms with Crippen molar-refractivity contribution in [2.45, 2.75) is 329 Å². The van der Waals surface area contributed by atoms with E-state index >= 15 is 0 Å². The number of fused-ring (bicyclic) bond motifs is 1. The number of ketones is 7. The Labute approximate surface area is 731 Å². The molecule has 15 aliphatic rings. The summed E-state index contributed by atoms with van der Waals surface area (Å²) in [6, 6.07) is 20.1. The minimum Gasteiger partial charge on any atom is -0.466 e. The van der Waals surface area contributed by atoms with Gasteiger partial charge in [-0.1, -0.05) is 124 Å². The van der Waals surface area contributed by atoms with Gasteiger partial charge in [0.05, 0.1) is 82.9 Å². The van der Waals surface area contributed by atoms with E-state index in [2.05, 4.69) is 53.8 Å². The van der Waals surface area contributed by atoms with Crippen LogP contribution in [0.3, 0.4) is 0 Å². The molecule has 2 aromatic carbocycles. The first-order valence-corrected chi connectivity index (χ1v) is 45.4. The van der Waals surface area contributed by atoms with E-state index in [0.717, 1.165) is 154 Å². The summed E-state index contributed by atoms with van der Waals surface area (Å²) in [5.41, 5.74) is 4.87. The summed E-state index contributed by atoms with van der Waals surface area (Å²) in [5, 5.41) is 17.3. The second-order valence-corrected chi connectivity index (χ2v) is 34.1. The molecule has 0 spiro atoms. The molecule has 7 heterocycles. The second kappa shape index (κ2) is 62.4. The molecule has 8 aliphatic carbocycles. The number of aliphatic hydroxyl groups is 2. The number of benzene rings is 2. The number of carbonyl (C=O) groups is 14. The van der Waals surface area contributed by atoms with E-state index in [1.54, 1.807) is 12.8 Å². The van der Waals surface area contributed by atoms with E-state index in [1.165, 1.54) is 28.7 Å². The first-order chi connectivity index (χ1) is 58.9. The van der Waals surface area contributed by atoms with Gasteiger partial charge < -0.3 is 48.1 Å². The van der Waals surface area contributed by atoms with Crippen LogP contribution in [-0.4, -0.2) is 163 Å². The van der Waals surface area contributed by atoms with Gasteiger partial charge in [0.15, 0.2) is 6.42 Å². The fourth-order valence-electron chi connectivity index (χ4n) is 14.8. The Balaban J connectivity index is 0.000000279. The highest BCUT2D eigenvalue weighted by Gasteiger charge is 2.40. The number of aliphatic hydroxyl groups excluding tert-OH is 2. The maximum Gasteiger partial charge on any atom is 0.311 e. The molecule has 123 heavy (non-hydrogen) atoms. The van der Waals surface area contributed by atoms with Gasteiger partial charge in [0.25, 0.3) is 0 Å². The van der Waals surface area contributed by atoms with Crippen molar-refractivity contribution in [2.75, 3.05) is 46.2 Å². The molecule has 0 bridgehead atoms. The third-order valence-corrected chi connectivity index (χ3v) is 23.1. The summed E-state index contributed by atoms with van der Waals surface area (Å²) in [6.45, 7) is 25.5. The van der Waals surface area contributed by atoms with E-state index in [-0.39, 0.29) is 90.4 Å². The van der Waals surface area contributed by atoms with Gasteiger partial charge in [-0.3, -0.25) is 57.5 Å². The van der Waals surface area contributed by atoms with Crippen LogP contribution in [0, 0.1) is 54.3 Å². The molecule has 682 valence electrons. The molecule has 17 rings (SSSR count). The predicted octanol–water partition coefficient (Wildman–Crippen LogP) is 17.2. The van der Waals surface area contributed by atoms with Crippen molar-refractivity contribution in [3.8, 4) is 0 Å². The molecule has 0 radical (unpaired) electrons. The predicted molar refractivity (Wildman–Crippen MR) is 466 cm³/mol. The van der Waals surface area contributed by atoms with Gasteiger partial charge in [-0.15, -0.1) is 0 Å². The third kappa shape index (κ3) is 48.4. The van der Waals surface area contributed by atoms with Crippen LogP contribution in [0.1, 0.15) is 315 Å². The molecule has 7 saturated heterocycles. The lowest BCUT2D eigenvalue weighted by Crippen LogP contribution is -2.32. The largest absolute Gasteiger partial charge is 0.466 e. The molecule has 24 heteroatoms. The van der Waals surface area contributed by atoms with Crippen molar-refractivity contribution >= 4 is 82.3 Å². The summed E-state index contributed by atoms with van der Waals surface area (Å²) in [7, 11) is 0. The summed E-state index contributed by atoms with van der Waals surface area (Å²) in [4.78, 5) is 148. The number of Topliss-reactive ketones (excluding diaryl/α,β-unsaturated/α-hetero) is 7. The molecular formula is C99H144O24+2. The van der Waals surface area contributed by atoms with Crippen molar-refractivity contribution in [1.82, 2.24) is 0 Å². The number of rotatable bonds is 8. The van der Waals surface area contributed by atoms with Crippen LogP contribution in [0.4, 0.5) is 0 Å². The molecule has 2 N–H and O–H groups in total. The number of allylic oxidation sites excluding steroid dienone is 4. The lowest BCUT2D eigenvalue weighted by molar-refractivity contribution is -0.147. The molecule has 0 amide bonds. The first kappa shape index (κ1) is 107. The SMILES string of the molecule is C=C(C)C1CCC(=O)CC1.C=C(C)C1CCOC(=O)CC1.CC1CCCCC(=O)O1.CC1CCCCC1=O.CC1CCCCOC1=O.CC1COC(=O)C1.CCOC1CC(=O)C1.O=C1CC(c2ccccc2)CO1.O=C1CC2C=CCC12.O=C1CCC(CCO)O1.O=C1CCC(O)CC1.O=C1CCCCO1.O=C1[CH+]C(c2ccccc2)C1.O=C1[CH+]CCC1. The molecule has 10 atom stereocenters. The molecule has 24 nitrogen and oxygen atoms in total. The van der Waals surface area contributed by atoms with E-state index in [1.807, 2.05) is 90.1 Å². The molecule has 14 fully saturated rings. The Morgan fingerprint density at radius 3 is 1.46 bits per heavy atom. The van der Waals surface area contributed by atoms with Gasteiger partial charge in [-0.05, 0) is 173 Å². The molecule has 7 aliphatic heterocycles. The average Bonchev–Trinajstić information content (AvgIpc) is 1.66. The van der Waals surface area contributed by atoms with Crippen molar-refractivity contribution in [2.24, 2.45) is 41.4 Å². The van der Waals surface area contributed by atoms with Crippen molar-refractivity contribution in [3.05, 3.63) is 121 Å². The zero-order valence-electron chi connectivity index (χ0n) is 74.7. The highest BCUT2D eigenvalue weighted by molar-refractivity contribution is 5.95. The molecule has 0 aromatic heterocycles. The Morgan fingerprint density at radius 1 is 0.472 bits per heavy atom. The van der Waals surface area contributed by atoms with Crippen molar-refractivity contribution in [3.63, 3.8) is 0 Å². The van der Waals surface area contributed by atoms with Crippen LogP contribution in [0.15, 0.2) is 97.1 Å². The van der Waals surface area contributed by atoms with Gasteiger partial charge in [-0.25, -0.2) is 9.59 Å². The highest BCUT2D eigenvalue weighted by atomic mass is 16.6. The first-order valence-electron chi connectivity index (χ1n) is 45.4. The standard InChI is InChI=1S/C10H10O2.C10H9O.C9H14O2.C9H14O.2C7H12O2.C7H8O.C7H12O.C6H10O3.2C6H10O2.2C5H8O2.C5H7O/c11-10-6-9(7-12-10)8-4-2-1-3-5-8;11-10-6-9(7-10)8-4-2-1-3-5-8;1-7(2)8-3-4-9(10)11-6-5-8;1-7(2)8-3-5-9(10)6-4-8;1-6-4-2-3-5-9-7(6)8;1-6-4-2-3-5-7(8)9-6;8-7-4-5-2-1-3-6(5)7;1-6-4-2-3-5-7(6)8;7-4-3-5-1-2-6(8)9-5;1-2-8-6-3-5(7)4-6;7-5-1-2-6(8)4-3-5;1-4-2-5(6)7-3-4;6-5-3-1-2-4-7-5;6-5-3-1-2-4-5/h1-5,9H,6-7H2;1-6,9H,7H2;8H,1,3-6H2,2H3;8H,1,3-6H2,2H3;2*6H,2-5H2,1H3;1-2,5-6H,3-4H2;6H,2-5H2,1H3;5,7H,1-4H2;6H,2-4H2,1H3;5,7H,1-4H2;4H,2-3H2,1H3;1-4H2;3H,1-2,4H2/q;+1;;;;;;;;;;;;+1. The Kier molecular flexibility index (Phi) is 54.1. The van der Waals surface area contributed by atoms with E-state index in [9.17, 15) is 67.1 Å². The summed E-state index contributed by atoms with van der Waals surface area (Å²) >= 11 is 0. The fraction of sp³-hybridized carbons (Fsp3) is 0.657. The average molecular weight is 1720 g/mol. The summed E-state index contributed by atoms with van der Waals surface area (Å²) in [6.07, 6.45) is 40.3. The molecule has 7 saturated carbocycles. The maximum atomic E-state index is 10.8. The summed E-state index contributed by atoms with van der Waals surface area (Å²) in [5.74, 6) is 5.99. The lowest BCUT2D eigenvalue weighted by Gasteiger charge is -2.27. The monoisotopic (exact) mass is 1720 g/mol. The van der Waals surface area contributed by atoms with Crippen LogP contribution in [0.5, 0.6) is 0 Å². The number of hydrogen-bond donors (Lipinski definition) is 2. The number of carbonyl (C=O) groups excluding carboxylic acids is 14. The van der Waals surface area contributed by atoms with E-state index in [4.69, 9.17) is 38.6 Å². The van der Waals surface area contributed by atoms with Gasteiger partial charge in [0.1, 0.15) is 53.8 Å². The lowest BCUT2D eigenvalue weighted by atomic mass is 9.75. The maximum absolute atomic E-state index is 10.8. The van der Waals surface area contributed by atoms with Gasteiger partial charge >= 0.3 is 53.4 Å². The van der Waals surface area contributed by atoms with Gasteiger partial charge in [0.2, 0.25) is 0 Å². The minimum absolute atomic E-state index is 0.0116. The quantitative estimate of drug-likeness (QED) is 0.107. The smallest absolute Gasteiger partial charge is 0.311 e. The number of cyclic esters (lactones) is 7. The third-order valence-electron chi connectivity index (χ3n) is 23.1. The van der Waals surface area contributed by atoms with Crippen LogP contribution >= 0.6 is 0 Å². The number of hydrogen-bond acceptors (Lipinski definition) is 24. The van der Waals surface area contributed by atoms with Crippen molar-refractivity contribution in [1.29, 1.82) is 0 Å². The topological polar surface area (TPSA) is 353 Å². The van der Waals surface area contributed by atoms with Crippen LogP contribution in [-0.2, 0) is 105 Å². The van der Waals surface area contributed by atoms with E-state index < -0.39 is 0 Å². The van der Waals surface area contributed by atoms with Crippen molar-refractivity contribution < 1.29 is 115 Å². The Bertz CT molecular complexity index is 3560. The highest BCUT2D eigenvalue weighted by Crippen LogP contribution is 2.39. The zero-order valence-corrected chi connectivity index (χ0v) is 74.7. The van der Waals surface area contributed by atoms with Crippen LogP contribution in [0.2, 0.25) is 0 Å². The number of ether oxygens (including phenoxy) is 8. The second-order valence-electron chi connectivity index (χ2n) is 34.1.